The number of amides is 1. The highest BCUT2D eigenvalue weighted by molar-refractivity contribution is 5.89. The minimum atomic E-state index is -0.912. The van der Waals surface area contributed by atoms with Crippen molar-refractivity contribution < 1.29 is 14.7 Å². The molecule has 2 N–H and O–H groups in total. The van der Waals surface area contributed by atoms with E-state index in [1.807, 2.05) is 6.92 Å². The summed E-state index contributed by atoms with van der Waals surface area (Å²) in [7, 11) is 0. The molecule has 1 aliphatic carbocycles. The fraction of sp³-hybridized carbons (Fsp3) is 0.538. The number of hydrogen-bond acceptors (Lipinski definition) is 2. The molecule has 1 saturated carbocycles. The van der Waals surface area contributed by atoms with Crippen molar-refractivity contribution in [2.75, 3.05) is 6.54 Å². The molecule has 1 fully saturated rings. The van der Waals surface area contributed by atoms with E-state index in [4.69, 9.17) is 5.11 Å². The first-order valence-electron chi connectivity index (χ1n) is 6.32. The van der Waals surface area contributed by atoms with Crippen LogP contribution in [0.15, 0.2) is 12.3 Å². The van der Waals surface area contributed by atoms with Crippen LogP contribution in [0.4, 0.5) is 0 Å². The number of rotatable bonds is 6. The van der Waals surface area contributed by atoms with Gasteiger partial charge < -0.3 is 15.0 Å². The van der Waals surface area contributed by atoms with Gasteiger partial charge in [0.2, 0.25) is 5.91 Å². The Hall–Kier alpha value is -1.78. The van der Waals surface area contributed by atoms with E-state index < -0.39 is 5.97 Å². The van der Waals surface area contributed by atoms with E-state index >= 15 is 0 Å². The topological polar surface area (TPSA) is 71.3 Å². The summed E-state index contributed by atoms with van der Waals surface area (Å²) in [6, 6.07) is 1.59. The Kier molecular flexibility index (Phi) is 3.69. The molecule has 18 heavy (non-hydrogen) atoms. The second-order valence-electron chi connectivity index (χ2n) is 4.67. The highest BCUT2D eigenvalue weighted by atomic mass is 16.4. The molecule has 1 heterocycles. The monoisotopic (exact) mass is 250 g/mol. The number of carboxylic acids is 1. The van der Waals surface area contributed by atoms with Crippen LogP contribution in [0.5, 0.6) is 0 Å². The van der Waals surface area contributed by atoms with Crippen LogP contribution in [0, 0.1) is 0 Å². The Morgan fingerprint density at radius 2 is 2.22 bits per heavy atom. The normalized spacial score (nSPS) is 14.5. The van der Waals surface area contributed by atoms with Gasteiger partial charge in [-0.05, 0) is 25.3 Å². The molecule has 0 radical (unpaired) electrons. The fourth-order valence-corrected chi connectivity index (χ4v) is 2.09. The van der Waals surface area contributed by atoms with E-state index in [-0.39, 0.29) is 12.5 Å². The summed E-state index contributed by atoms with van der Waals surface area (Å²) < 4.78 is 1.77. The van der Waals surface area contributed by atoms with E-state index in [0.717, 1.165) is 25.0 Å². The predicted molar refractivity (Wildman–Crippen MR) is 66.7 cm³/mol. The van der Waals surface area contributed by atoms with Gasteiger partial charge in [-0.1, -0.05) is 6.92 Å². The predicted octanol–water partition coefficient (Wildman–Crippen LogP) is 1.59. The van der Waals surface area contributed by atoms with Gasteiger partial charge in [0.1, 0.15) is 6.54 Å². The molecule has 1 aromatic heterocycles. The van der Waals surface area contributed by atoms with E-state index in [9.17, 15) is 9.59 Å². The number of carboxylic acid groups (broad SMARTS) is 1. The third kappa shape index (κ3) is 2.72. The van der Waals surface area contributed by atoms with Gasteiger partial charge >= 0.3 is 5.97 Å². The van der Waals surface area contributed by atoms with Crippen LogP contribution < -0.4 is 5.32 Å². The van der Waals surface area contributed by atoms with Gasteiger partial charge in [0.25, 0.3) is 0 Å². The lowest BCUT2D eigenvalue weighted by molar-refractivity contribution is -0.121. The highest BCUT2D eigenvalue weighted by Crippen LogP contribution is 2.42. The van der Waals surface area contributed by atoms with Gasteiger partial charge in [-0.3, -0.25) is 4.79 Å². The first-order chi connectivity index (χ1) is 8.63. The molecule has 0 unspecified atom stereocenters. The third-order valence-electron chi connectivity index (χ3n) is 3.09. The lowest BCUT2D eigenvalue weighted by atomic mass is 10.2. The van der Waals surface area contributed by atoms with Crippen molar-refractivity contribution in [3.05, 3.63) is 23.5 Å². The molecular weight excluding hydrogens is 232 g/mol. The lowest BCUT2D eigenvalue weighted by Crippen LogP contribution is -2.28. The average molecular weight is 250 g/mol. The zero-order chi connectivity index (χ0) is 13.1. The van der Waals surface area contributed by atoms with Crippen molar-refractivity contribution in [3.63, 3.8) is 0 Å². The van der Waals surface area contributed by atoms with Crippen molar-refractivity contribution >= 4 is 11.9 Å². The fourth-order valence-electron chi connectivity index (χ4n) is 2.09. The number of nitrogens with zero attached hydrogens (tertiary/aromatic N) is 1. The second kappa shape index (κ2) is 5.25. The van der Waals surface area contributed by atoms with Crippen LogP contribution in [0.3, 0.4) is 0 Å². The standard InChI is InChI=1S/C13H18N2O3/c1-2-6-14-11(16)8-15-7-5-10(13(17)18)12(15)9-3-4-9/h5,7,9H,2-4,6,8H2,1H3,(H,14,16)(H,17,18). The first-order valence-corrected chi connectivity index (χ1v) is 6.32. The zero-order valence-electron chi connectivity index (χ0n) is 10.5. The molecule has 0 saturated heterocycles. The van der Waals surface area contributed by atoms with Crippen molar-refractivity contribution in [1.82, 2.24) is 9.88 Å². The maximum atomic E-state index is 11.7. The largest absolute Gasteiger partial charge is 0.478 e. The third-order valence-corrected chi connectivity index (χ3v) is 3.09. The van der Waals surface area contributed by atoms with E-state index in [2.05, 4.69) is 5.32 Å². The van der Waals surface area contributed by atoms with Crippen molar-refractivity contribution in [2.24, 2.45) is 0 Å². The number of carbonyl (C=O) groups is 2. The molecule has 0 aromatic carbocycles. The SMILES string of the molecule is CCCNC(=O)Cn1ccc(C(=O)O)c1C1CC1. The average Bonchev–Trinajstić information content (AvgIpc) is 3.08. The maximum Gasteiger partial charge on any atom is 0.337 e. The van der Waals surface area contributed by atoms with Gasteiger partial charge in [-0.25, -0.2) is 4.79 Å². The number of nitrogens with one attached hydrogen (secondary N) is 1. The number of aromatic nitrogens is 1. The van der Waals surface area contributed by atoms with Gasteiger partial charge in [0.15, 0.2) is 0 Å². The molecule has 98 valence electrons. The Morgan fingerprint density at radius 1 is 1.50 bits per heavy atom. The summed E-state index contributed by atoms with van der Waals surface area (Å²) in [6.45, 7) is 2.86. The van der Waals surface area contributed by atoms with E-state index in [1.54, 1.807) is 16.8 Å². The van der Waals surface area contributed by atoms with Gasteiger partial charge in [0.05, 0.1) is 5.56 Å². The van der Waals surface area contributed by atoms with E-state index in [0.29, 0.717) is 18.0 Å². The van der Waals surface area contributed by atoms with Gasteiger partial charge in [-0.15, -0.1) is 0 Å². The number of carbonyl (C=O) groups excluding carboxylic acids is 1. The molecule has 1 aliphatic rings. The Morgan fingerprint density at radius 3 is 2.78 bits per heavy atom. The van der Waals surface area contributed by atoms with Crippen LogP contribution >= 0.6 is 0 Å². The Bertz CT molecular complexity index is 461. The van der Waals surface area contributed by atoms with Gasteiger partial charge in [-0.2, -0.15) is 0 Å². The van der Waals surface area contributed by atoms with Gasteiger partial charge in [0, 0.05) is 24.4 Å². The molecule has 5 heteroatoms. The van der Waals surface area contributed by atoms with Crippen LogP contribution in [0.25, 0.3) is 0 Å². The minimum Gasteiger partial charge on any atom is -0.478 e. The zero-order valence-corrected chi connectivity index (χ0v) is 10.5. The molecule has 5 nitrogen and oxygen atoms in total. The van der Waals surface area contributed by atoms with E-state index in [1.165, 1.54) is 0 Å². The highest BCUT2D eigenvalue weighted by Gasteiger charge is 2.31. The smallest absolute Gasteiger partial charge is 0.337 e. The summed E-state index contributed by atoms with van der Waals surface area (Å²) in [5, 5.41) is 11.9. The molecule has 0 bridgehead atoms. The van der Waals surface area contributed by atoms with Crippen LogP contribution in [-0.4, -0.2) is 28.1 Å². The summed E-state index contributed by atoms with van der Waals surface area (Å²) in [5.74, 6) is -0.666. The molecule has 0 aliphatic heterocycles. The summed E-state index contributed by atoms with van der Waals surface area (Å²) >= 11 is 0. The Labute approximate surface area is 106 Å². The van der Waals surface area contributed by atoms with Crippen molar-refractivity contribution in [3.8, 4) is 0 Å². The van der Waals surface area contributed by atoms with Crippen LogP contribution in [0.2, 0.25) is 0 Å². The molecule has 1 aromatic rings. The van der Waals surface area contributed by atoms with Crippen LogP contribution in [0.1, 0.15) is 48.2 Å². The molecule has 2 rings (SSSR count). The second-order valence-corrected chi connectivity index (χ2v) is 4.67. The summed E-state index contributed by atoms with van der Waals surface area (Å²) in [5.41, 5.74) is 1.13. The quantitative estimate of drug-likeness (QED) is 0.805. The minimum absolute atomic E-state index is 0.0636. The molecule has 0 spiro atoms. The van der Waals surface area contributed by atoms with Crippen molar-refractivity contribution in [2.45, 2.75) is 38.6 Å². The molecule has 0 atom stereocenters. The number of hydrogen-bond donors (Lipinski definition) is 2. The van der Waals surface area contributed by atoms with Crippen molar-refractivity contribution in [1.29, 1.82) is 0 Å². The molecule has 1 amide bonds. The molecular formula is C13H18N2O3. The van der Waals surface area contributed by atoms with Crippen LogP contribution in [-0.2, 0) is 11.3 Å². The summed E-state index contributed by atoms with van der Waals surface area (Å²) in [4.78, 5) is 22.8. The first kappa shape index (κ1) is 12.7. The maximum absolute atomic E-state index is 11.7. The Balaban J connectivity index is 2.12. The number of aromatic carboxylic acids is 1. The summed E-state index contributed by atoms with van der Waals surface area (Å²) in [6.07, 6.45) is 4.62. The lowest BCUT2D eigenvalue weighted by Gasteiger charge is -2.09.